The molecule has 27 heavy (non-hydrogen) atoms. The topological polar surface area (TPSA) is 70.8 Å². The zero-order valence-electron chi connectivity index (χ0n) is 16.0. The molecule has 1 heterocycles. The molecule has 3 rings (SSSR count). The van der Waals surface area contributed by atoms with Crippen molar-refractivity contribution in [2.24, 2.45) is 5.73 Å². The Morgan fingerprint density at radius 3 is 2.44 bits per heavy atom. The molecule has 0 spiro atoms. The number of primary amides is 1. The maximum atomic E-state index is 11.8. The number of carbonyl (C=O) groups excluding carboxylic acids is 1. The molecule has 0 aromatic heterocycles. The molecule has 1 amide bonds. The van der Waals surface area contributed by atoms with Gasteiger partial charge in [0.25, 0.3) is 5.91 Å². The lowest BCUT2D eigenvalue weighted by Crippen LogP contribution is -2.51. The van der Waals surface area contributed by atoms with Gasteiger partial charge in [0.2, 0.25) is 0 Å². The third-order valence-corrected chi connectivity index (χ3v) is 5.14. The van der Waals surface area contributed by atoms with E-state index in [-0.39, 0.29) is 0 Å². The Kier molecular flexibility index (Phi) is 6.19. The predicted molar refractivity (Wildman–Crippen MR) is 110 cm³/mol. The summed E-state index contributed by atoms with van der Waals surface area (Å²) >= 11 is 0. The molecule has 6 nitrogen and oxygen atoms in total. The molecule has 0 bridgehead atoms. The second-order valence-corrected chi connectivity index (χ2v) is 6.84. The summed E-state index contributed by atoms with van der Waals surface area (Å²) in [6.07, 6.45) is 0. The second kappa shape index (κ2) is 8.77. The van der Waals surface area contributed by atoms with E-state index in [1.165, 1.54) is 5.69 Å². The number of benzene rings is 2. The number of methoxy groups -OCH3 is 1. The maximum Gasteiger partial charge on any atom is 0.254 e. The predicted octanol–water partition coefficient (Wildman–Crippen LogP) is 2.42. The minimum Gasteiger partial charge on any atom is -0.496 e. The molecule has 0 radical (unpaired) electrons. The first-order chi connectivity index (χ1) is 13.1. The number of rotatable bonds is 7. The number of ether oxygens (including phenoxy) is 1. The molecule has 6 heteroatoms. The van der Waals surface area contributed by atoms with Crippen molar-refractivity contribution in [2.75, 3.05) is 50.1 Å². The largest absolute Gasteiger partial charge is 0.496 e. The lowest BCUT2D eigenvalue weighted by atomic mass is 10.1. The highest BCUT2D eigenvalue weighted by Crippen LogP contribution is 2.26. The smallest absolute Gasteiger partial charge is 0.254 e. The monoisotopic (exact) mass is 368 g/mol. The molecule has 1 aliphatic rings. The first-order valence-electron chi connectivity index (χ1n) is 9.35. The van der Waals surface area contributed by atoms with E-state index in [4.69, 9.17) is 10.5 Å². The third-order valence-electron chi connectivity index (χ3n) is 5.14. The van der Waals surface area contributed by atoms with Crippen molar-refractivity contribution in [3.05, 3.63) is 54.1 Å². The summed E-state index contributed by atoms with van der Waals surface area (Å²) in [6, 6.07) is 16.3. The highest BCUT2D eigenvalue weighted by Gasteiger charge is 2.22. The average Bonchev–Trinajstić information content (AvgIpc) is 2.72. The zero-order chi connectivity index (χ0) is 19.2. The standard InChI is InChI=1S/C21H28N4O2/c1-16(15-23-18-9-6-10-19(27-2)20(18)21(22)26)24-11-13-25(14-12-24)17-7-4-3-5-8-17/h3-10,16,23H,11-15H2,1-2H3,(H2,22,26). The highest BCUT2D eigenvalue weighted by atomic mass is 16.5. The van der Waals surface area contributed by atoms with Crippen molar-refractivity contribution in [3.8, 4) is 5.75 Å². The van der Waals surface area contributed by atoms with Crippen molar-refractivity contribution in [1.29, 1.82) is 0 Å². The Labute approximate surface area is 160 Å². The number of para-hydroxylation sites is 1. The third kappa shape index (κ3) is 4.52. The summed E-state index contributed by atoms with van der Waals surface area (Å²) in [4.78, 5) is 16.7. The van der Waals surface area contributed by atoms with Gasteiger partial charge in [0.05, 0.1) is 12.8 Å². The first kappa shape index (κ1) is 19.0. The van der Waals surface area contributed by atoms with E-state index in [2.05, 4.69) is 46.3 Å². The minimum absolute atomic E-state index is 0.342. The molecule has 1 aliphatic heterocycles. The fraction of sp³-hybridized carbons (Fsp3) is 0.381. The zero-order valence-corrected chi connectivity index (χ0v) is 16.0. The van der Waals surface area contributed by atoms with Crippen LogP contribution >= 0.6 is 0 Å². The van der Waals surface area contributed by atoms with E-state index in [1.807, 2.05) is 18.2 Å². The fourth-order valence-corrected chi connectivity index (χ4v) is 3.55. The van der Waals surface area contributed by atoms with Gasteiger partial charge in [0, 0.05) is 44.5 Å². The molecule has 3 N–H and O–H groups in total. The van der Waals surface area contributed by atoms with E-state index in [1.54, 1.807) is 13.2 Å². The molecule has 1 unspecified atom stereocenters. The Bertz CT molecular complexity index is 758. The van der Waals surface area contributed by atoms with Crippen LogP contribution in [0.5, 0.6) is 5.75 Å². The fourth-order valence-electron chi connectivity index (χ4n) is 3.55. The maximum absolute atomic E-state index is 11.8. The van der Waals surface area contributed by atoms with Gasteiger partial charge in [-0.15, -0.1) is 0 Å². The Morgan fingerprint density at radius 1 is 1.11 bits per heavy atom. The van der Waals surface area contributed by atoms with Crippen molar-refractivity contribution in [1.82, 2.24) is 4.90 Å². The van der Waals surface area contributed by atoms with Crippen molar-refractivity contribution < 1.29 is 9.53 Å². The summed E-state index contributed by atoms with van der Waals surface area (Å²) in [6.45, 7) is 6.99. The highest BCUT2D eigenvalue weighted by molar-refractivity contribution is 6.01. The van der Waals surface area contributed by atoms with Crippen LogP contribution in [0.3, 0.4) is 0 Å². The average molecular weight is 368 g/mol. The molecule has 2 aromatic rings. The summed E-state index contributed by atoms with van der Waals surface area (Å²) in [5.41, 5.74) is 7.94. The number of hydrogen-bond acceptors (Lipinski definition) is 5. The number of nitrogens with two attached hydrogens (primary N) is 1. The molecule has 0 saturated carbocycles. The van der Waals surface area contributed by atoms with Gasteiger partial charge in [-0.25, -0.2) is 0 Å². The lowest BCUT2D eigenvalue weighted by Gasteiger charge is -2.39. The minimum atomic E-state index is -0.487. The van der Waals surface area contributed by atoms with Gasteiger partial charge < -0.3 is 20.7 Å². The summed E-state index contributed by atoms with van der Waals surface area (Å²) in [7, 11) is 1.54. The van der Waals surface area contributed by atoms with Crippen LogP contribution in [0.4, 0.5) is 11.4 Å². The van der Waals surface area contributed by atoms with E-state index < -0.39 is 5.91 Å². The van der Waals surface area contributed by atoms with E-state index >= 15 is 0 Å². The van der Waals surface area contributed by atoms with Crippen molar-refractivity contribution in [3.63, 3.8) is 0 Å². The first-order valence-corrected chi connectivity index (χ1v) is 9.35. The summed E-state index contributed by atoms with van der Waals surface area (Å²) in [5, 5.41) is 3.37. The van der Waals surface area contributed by atoms with Crippen LogP contribution in [0.15, 0.2) is 48.5 Å². The van der Waals surface area contributed by atoms with Gasteiger partial charge in [-0.2, -0.15) is 0 Å². The summed E-state index contributed by atoms with van der Waals surface area (Å²) in [5.74, 6) is 0.00991. The second-order valence-electron chi connectivity index (χ2n) is 6.84. The molecule has 1 saturated heterocycles. The number of nitrogens with one attached hydrogen (secondary N) is 1. The SMILES string of the molecule is COc1cccc(NCC(C)N2CCN(c3ccccc3)CC2)c1C(N)=O. The molecule has 1 fully saturated rings. The van der Waals surface area contributed by atoms with Gasteiger partial charge in [-0.1, -0.05) is 24.3 Å². The molecule has 0 aliphatic carbocycles. The summed E-state index contributed by atoms with van der Waals surface area (Å²) < 4.78 is 5.27. The molecular formula is C21H28N4O2. The van der Waals surface area contributed by atoms with Crippen molar-refractivity contribution in [2.45, 2.75) is 13.0 Å². The van der Waals surface area contributed by atoms with Crippen LogP contribution in [0.25, 0.3) is 0 Å². The number of anilines is 2. The van der Waals surface area contributed by atoms with Crippen molar-refractivity contribution >= 4 is 17.3 Å². The van der Waals surface area contributed by atoms with E-state index in [0.29, 0.717) is 17.4 Å². The van der Waals surface area contributed by atoms with Crippen LogP contribution in [-0.4, -0.2) is 56.7 Å². The molecule has 2 aromatic carbocycles. The van der Waals surface area contributed by atoms with Crippen LogP contribution in [-0.2, 0) is 0 Å². The molecular weight excluding hydrogens is 340 g/mol. The Morgan fingerprint density at radius 2 is 1.81 bits per heavy atom. The number of piperazine rings is 1. The normalized spacial score (nSPS) is 16.0. The van der Waals surface area contributed by atoms with Crippen LogP contribution in [0.2, 0.25) is 0 Å². The van der Waals surface area contributed by atoms with Crippen LogP contribution < -0.4 is 20.7 Å². The van der Waals surface area contributed by atoms with E-state index in [0.717, 1.165) is 38.4 Å². The Hall–Kier alpha value is -2.73. The van der Waals surface area contributed by atoms with Crippen LogP contribution in [0.1, 0.15) is 17.3 Å². The van der Waals surface area contributed by atoms with E-state index in [9.17, 15) is 4.79 Å². The van der Waals surface area contributed by atoms with Gasteiger partial charge >= 0.3 is 0 Å². The number of hydrogen-bond donors (Lipinski definition) is 2. The van der Waals surface area contributed by atoms with Gasteiger partial charge in [0.1, 0.15) is 11.3 Å². The number of nitrogens with zero attached hydrogens (tertiary/aromatic N) is 2. The van der Waals surface area contributed by atoms with Gasteiger partial charge in [-0.05, 0) is 31.2 Å². The molecule has 1 atom stereocenters. The van der Waals surface area contributed by atoms with Crippen LogP contribution in [0, 0.1) is 0 Å². The Balaban J connectivity index is 1.56. The molecule has 144 valence electrons. The van der Waals surface area contributed by atoms with Gasteiger partial charge in [0.15, 0.2) is 0 Å². The van der Waals surface area contributed by atoms with Gasteiger partial charge in [-0.3, -0.25) is 9.69 Å². The quantitative estimate of drug-likeness (QED) is 0.785. The number of carbonyl (C=O) groups is 1. The lowest BCUT2D eigenvalue weighted by molar-refractivity contribution is 0.0998. The number of amides is 1.